The fraction of sp³-hybridized carbons (Fsp3) is 0.500. The summed E-state index contributed by atoms with van der Waals surface area (Å²) in [5.74, 6) is -1.21. The van der Waals surface area contributed by atoms with E-state index in [2.05, 4.69) is 5.32 Å². The molecule has 1 aromatic rings. The van der Waals surface area contributed by atoms with Crippen molar-refractivity contribution in [1.82, 2.24) is 5.32 Å². The molecule has 1 rings (SSSR count). The zero-order valence-electron chi connectivity index (χ0n) is 13.2. The molecule has 0 saturated heterocycles. The molecular formula is C16H22N2O5. The fourth-order valence-electron chi connectivity index (χ4n) is 2.32. The number of aliphatic carboxylic acids is 1. The number of nitro benzene ring substituents is 1. The third-order valence-electron chi connectivity index (χ3n) is 3.53. The predicted molar refractivity (Wildman–Crippen MR) is 85.5 cm³/mol. The van der Waals surface area contributed by atoms with Crippen LogP contribution in [0.2, 0.25) is 0 Å². The summed E-state index contributed by atoms with van der Waals surface area (Å²) < 4.78 is 0. The molecule has 23 heavy (non-hydrogen) atoms. The van der Waals surface area contributed by atoms with Gasteiger partial charge < -0.3 is 10.4 Å². The van der Waals surface area contributed by atoms with Gasteiger partial charge in [-0.05, 0) is 25.3 Å². The molecule has 1 aromatic carbocycles. The van der Waals surface area contributed by atoms with Crippen LogP contribution in [0.15, 0.2) is 18.2 Å². The summed E-state index contributed by atoms with van der Waals surface area (Å²) in [6.45, 7) is 2.12. The van der Waals surface area contributed by atoms with Crippen LogP contribution in [0, 0.1) is 17.0 Å². The molecule has 1 amide bonds. The molecule has 0 fully saturated rings. The van der Waals surface area contributed by atoms with Crippen LogP contribution in [0.4, 0.5) is 5.69 Å². The Morgan fingerprint density at radius 1 is 1.17 bits per heavy atom. The van der Waals surface area contributed by atoms with Gasteiger partial charge in [-0.2, -0.15) is 0 Å². The lowest BCUT2D eigenvalue weighted by Crippen LogP contribution is -2.26. The minimum absolute atomic E-state index is 0.110. The van der Waals surface area contributed by atoms with Crippen LogP contribution in [-0.4, -0.2) is 28.5 Å². The number of aryl methyl sites for hydroxylation is 1. The van der Waals surface area contributed by atoms with E-state index in [9.17, 15) is 19.7 Å². The molecule has 0 heterocycles. The van der Waals surface area contributed by atoms with Crippen molar-refractivity contribution in [2.45, 2.75) is 45.4 Å². The number of hydrogen-bond acceptors (Lipinski definition) is 4. The van der Waals surface area contributed by atoms with Crippen molar-refractivity contribution in [2.75, 3.05) is 6.54 Å². The number of rotatable bonds is 10. The molecule has 0 saturated carbocycles. The first-order valence-electron chi connectivity index (χ1n) is 7.67. The van der Waals surface area contributed by atoms with E-state index in [1.807, 2.05) is 0 Å². The molecule has 0 atom stereocenters. The van der Waals surface area contributed by atoms with E-state index in [1.165, 1.54) is 6.07 Å². The number of nitrogens with one attached hydrogen (secondary N) is 1. The monoisotopic (exact) mass is 322 g/mol. The summed E-state index contributed by atoms with van der Waals surface area (Å²) in [4.78, 5) is 32.9. The number of nitrogens with zero attached hydrogens (tertiary/aromatic N) is 1. The van der Waals surface area contributed by atoms with Gasteiger partial charge in [-0.3, -0.25) is 19.7 Å². The largest absolute Gasteiger partial charge is 0.481 e. The summed E-state index contributed by atoms with van der Waals surface area (Å²) in [5.41, 5.74) is 0.500. The fourth-order valence-corrected chi connectivity index (χ4v) is 2.32. The minimum Gasteiger partial charge on any atom is -0.481 e. The zero-order chi connectivity index (χ0) is 17.2. The maximum Gasteiger partial charge on any atom is 0.303 e. The molecule has 0 bridgehead atoms. The van der Waals surface area contributed by atoms with Crippen molar-refractivity contribution in [3.05, 3.63) is 39.4 Å². The molecule has 126 valence electrons. The number of nitro groups is 1. The summed E-state index contributed by atoms with van der Waals surface area (Å²) in [5, 5.41) is 22.2. The summed E-state index contributed by atoms with van der Waals surface area (Å²) in [7, 11) is 0. The number of carbonyl (C=O) groups is 2. The van der Waals surface area contributed by atoms with Gasteiger partial charge in [0.2, 0.25) is 0 Å². The molecule has 7 nitrogen and oxygen atoms in total. The lowest BCUT2D eigenvalue weighted by Gasteiger charge is -2.08. The second kappa shape index (κ2) is 9.55. The van der Waals surface area contributed by atoms with Gasteiger partial charge in [0, 0.05) is 19.0 Å². The van der Waals surface area contributed by atoms with Crippen LogP contribution in [0.25, 0.3) is 0 Å². The number of carbonyl (C=O) groups excluding carboxylic acids is 1. The minimum atomic E-state index is -0.780. The number of hydrogen-bond donors (Lipinski definition) is 2. The Morgan fingerprint density at radius 2 is 1.83 bits per heavy atom. The molecule has 0 spiro atoms. The topological polar surface area (TPSA) is 110 Å². The highest BCUT2D eigenvalue weighted by molar-refractivity contribution is 5.99. The van der Waals surface area contributed by atoms with Crippen molar-refractivity contribution in [3.63, 3.8) is 0 Å². The van der Waals surface area contributed by atoms with Crippen molar-refractivity contribution in [1.29, 1.82) is 0 Å². The van der Waals surface area contributed by atoms with Crippen LogP contribution in [0.5, 0.6) is 0 Å². The highest BCUT2D eigenvalue weighted by Gasteiger charge is 2.21. The number of carboxylic acid groups (broad SMARTS) is 1. The molecular weight excluding hydrogens is 300 g/mol. The van der Waals surface area contributed by atoms with Crippen molar-refractivity contribution in [2.24, 2.45) is 0 Å². The Morgan fingerprint density at radius 3 is 2.48 bits per heavy atom. The third-order valence-corrected chi connectivity index (χ3v) is 3.53. The van der Waals surface area contributed by atoms with E-state index in [0.29, 0.717) is 18.5 Å². The molecule has 0 aliphatic carbocycles. The average molecular weight is 322 g/mol. The molecule has 7 heteroatoms. The maximum atomic E-state index is 12.1. The molecule has 0 aromatic heterocycles. The van der Waals surface area contributed by atoms with Crippen LogP contribution in [-0.2, 0) is 4.79 Å². The molecule has 0 unspecified atom stereocenters. The SMILES string of the molecule is Cc1cccc([N+](=O)[O-])c1C(=O)NCCCCCCCC(=O)O. The molecule has 0 aliphatic rings. The Labute approximate surface area is 134 Å². The molecule has 0 aliphatic heterocycles. The van der Waals surface area contributed by atoms with E-state index in [1.54, 1.807) is 19.1 Å². The first-order chi connectivity index (χ1) is 10.9. The van der Waals surface area contributed by atoms with Gasteiger partial charge in [0.15, 0.2) is 0 Å². The van der Waals surface area contributed by atoms with Gasteiger partial charge >= 0.3 is 5.97 Å². The van der Waals surface area contributed by atoms with Crippen molar-refractivity contribution >= 4 is 17.6 Å². The Hall–Kier alpha value is -2.44. The Bertz CT molecular complexity index is 572. The van der Waals surface area contributed by atoms with Crippen molar-refractivity contribution in [3.8, 4) is 0 Å². The van der Waals surface area contributed by atoms with E-state index in [0.717, 1.165) is 25.7 Å². The van der Waals surface area contributed by atoms with E-state index < -0.39 is 16.8 Å². The van der Waals surface area contributed by atoms with E-state index in [-0.39, 0.29) is 17.7 Å². The van der Waals surface area contributed by atoms with Crippen LogP contribution < -0.4 is 5.32 Å². The lowest BCUT2D eigenvalue weighted by molar-refractivity contribution is -0.385. The number of amides is 1. The number of carboxylic acids is 1. The van der Waals surface area contributed by atoms with E-state index >= 15 is 0 Å². The summed E-state index contributed by atoms with van der Waals surface area (Å²) >= 11 is 0. The third kappa shape index (κ3) is 6.46. The van der Waals surface area contributed by atoms with Crippen LogP contribution in [0.3, 0.4) is 0 Å². The quantitative estimate of drug-likeness (QED) is 0.391. The predicted octanol–water partition coefficient (Wildman–Crippen LogP) is 3.06. The van der Waals surface area contributed by atoms with Gasteiger partial charge in [-0.25, -0.2) is 0 Å². The summed E-state index contributed by atoms with van der Waals surface area (Å²) in [6.07, 6.45) is 4.26. The van der Waals surface area contributed by atoms with Gasteiger partial charge in [0.25, 0.3) is 11.6 Å². The second-order valence-corrected chi connectivity index (χ2v) is 5.39. The van der Waals surface area contributed by atoms with Crippen LogP contribution in [0.1, 0.15) is 54.4 Å². The first-order valence-corrected chi connectivity index (χ1v) is 7.67. The normalized spacial score (nSPS) is 10.3. The van der Waals surface area contributed by atoms with Gasteiger partial charge in [-0.15, -0.1) is 0 Å². The summed E-state index contributed by atoms with van der Waals surface area (Å²) in [6, 6.07) is 4.55. The standard InChI is InChI=1S/C16H22N2O5/c1-12-8-7-9-13(18(22)23)15(12)16(21)17-11-6-4-2-3-5-10-14(19)20/h7-9H,2-6,10-11H2,1H3,(H,17,21)(H,19,20). The number of benzene rings is 1. The Kier molecular flexibility index (Phi) is 7.73. The highest BCUT2D eigenvalue weighted by atomic mass is 16.6. The van der Waals surface area contributed by atoms with E-state index in [4.69, 9.17) is 5.11 Å². The van der Waals surface area contributed by atoms with Gasteiger partial charge in [0.05, 0.1) is 4.92 Å². The average Bonchev–Trinajstić information content (AvgIpc) is 2.48. The lowest BCUT2D eigenvalue weighted by atomic mass is 10.1. The van der Waals surface area contributed by atoms with Crippen molar-refractivity contribution < 1.29 is 19.6 Å². The van der Waals surface area contributed by atoms with Gasteiger partial charge in [0.1, 0.15) is 5.56 Å². The molecule has 0 radical (unpaired) electrons. The number of unbranched alkanes of at least 4 members (excludes halogenated alkanes) is 4. The zero-order valence-corrected chi connectivity index (χ0v) is 13.2. The first kappa shape index (κ1) is 18.6. The molecule has 2 N–H and O–H groups in total. The van der Waals surface area contributed by atoms with Crippen LogP contribution >= 0.6 is 0 Å². The Balaban J connectivity index is 2.35. The maximum absolute atomic E-state index is 12.1. The van der Waals surface area contributed by atoms with Gasteiger partial charge in [-0.1, -0.05) is 31.4 Å². The second-order valence-electron chi connectivity index (χ2n) is 5.39. The highest BCUT2D eigenvalue weighted by Crippen LogP contribution is 2.21. The smallest absolute Gasteiger partial charge is 0.303 e.